The first kappa shape index (κ1) is 120. The molecule has 0 saturated carbocycles. The number of hydrogen-bond acceptors (Lipinski definition) is 29. The molecule has 1 unspecified atom stereocenters. The summed E-state index contributed by atoms with van der Waals surface area (Å²) in [5.74, 6) is -5.28. The highest BCUT2D eigenvalue weighted by Crippen LogP contribution is 2.31. The lowest BCUT2D eigenvalue weighted by Crippen LogP contribution is -2.46. The Labute approximate surface area is 803 Å². The maximum absolute atomic E-state index is 12.8. The summed E-state index contributed by atoms with van der Waals surface area (Å²) in [6.45, 7) is 14.4. The maximum Gasteiger partial charge on any atom is 0.242 e. The number of nitrogens with two attached hydrogens (primary N) is 2. The molecule has 0 aromatic heterocycles. The zero-order valence-corrected chi connectivity index (χ0v) is 80.3. The fourth-order valence-corrected chi connectivity index (χ4v) is 13.4. The van der Waals surface area contributed by atoms with Gasteiger partial charge in [-0.2, -0.15) is 0 Å². The number of rotatable bonds is 85. The van der Waals surface area contributed by atoms with Crippen molar-refractivity contribution >= 4 is 100 Å². The zero-order chi connectivity index (χ0) is 99.9. The minimum atomic E-state index is -0.978. The predicted octanol–water partition coefficient (Wildman–Crippen LogP) is -2.45. The van der Waals surface area contributed by atoms with Crippen LogP contribution >= 0.6 is 0 Å². The Balaban J connectivity index is 0.989. The summed E-state index contributed by atoms with van der Waals surface area (Å²) in [5, 5.41) is 50.6. The van der Waals surface area contributed by atoms with E-state index in [4.69, 9.17) is 58.8 Å². The summed E-state index contributed by atoms with van der Waals surface area (Å²) in [6, 6.07) is 11.4. The van der Waals surface area contributed by atoms with Crippen LogP contribution in [0.3, 0.4) is 0 Å². The molecule has 1 aliphatic rings. The largest absolute Gasteiger partial charge is 0.508 e. The molecule has 0 aliphatic heterocycles. The third-order valence-corrected chi connectivity index (χ3v) is 20.7. The number of anilines is 1. The molecule has 45 nitrogen and oxygen atoms in total. The van der Waals surface area contributed by atoms with Crippen LogP contribution in [0.25, 0.3) is 0 Å². The molecule has 2 aromatic carbocycles. The minimum absolute atomic E-state index is 0.00406. The number of ether oxygens (including phenoxy) is 10. The second-order valence-corrected chi connectivity index (χ2v) is 32.1. The van der Waals surface area contributed by atoms with Crippen molar-refractivity contribution < 1.29 is 129 Å². The third kappa shape index (κ3) is 66.4. The number of carbonyl (C=O) groups is 16. The first-order valence-corrected chi connectivity index (χ1v) is 47.7. The van der Waals surface area contributed by atoms with Crippen LogP contribution in [0.4, 0.5) is 5.69 Å². The highest BCUT2D eigenvalue weighted by atomic mass is 16.5. The van der Waals surface area contributed by atoms with E-state index in [1.54, 1.807) is 6.07 Å². The van der Waals surface area contributed by atoms with Gasteiger partial charge in [-0.3, -0.25) is 81.6 Å². The second kappa shape index (κ2) is 79.2. The monoisotopic (exact) mass is 1940 g/mol. The van der Waals surface area contributed by atoms with E-state index >= 15 is 0 Å². The van der Waals surface area contributed by atoms with E-state index in [0.717, 1.165) is 56.3 Å². The number of phenolic OH excluding ortho intramolecular Hbond substituents is 1. The number of aromatic hydroxyl groups is 1. The summed E-state index contributed by atoms with van der Waals surface area (Å²) in [7, 11) is 0. The van der Waals surface area contributed by atoms with Gasteiger partial charge >= 0.3 is 0 Å². The summed E-state index contributed by atoms with van der Waals surface area (Å²) >= 11 is 0. The lowest BCUT2D eigenvalue weighted by atomic mass is 9.86. The van der Waals surface area contributed by atoms with Gasteiger partial charge in [-0.25, -0.2) is 0 Å². The van der Waals surface area contributed by atoms with Crippen LogP contribution in [0.2, 0.25) is 0 Å². The number of fused-ring (bicyclic) bond motifs is 1. The van der Waals surface area contributed by atoms with Gasteiger partial charge in [0.15, 0.2) is 0 Å². The Morgan fingerprint density at radius 3 is 1.06 bits per heavy atom. The first-order chi connectivity index (χ1) is 66.2. The van der Waals surface area contributed by atoms with Gasteiger partial charge in [0.2, 0.25) is 94.5 Å². The van der Waals surface area contributed by atoms with Crippen molar-refractivity contribution in [2.45, 2.75) is 193 Å². The van der Waals surface area contributed by atoms with Gasteiger partial charge in [-0.05, 0) is 118 Å². The van der Waals surface area contributed by atoms with Crippen LogP contribution < -0.4 is 91.2 Å². The third-order valence-electron chi connectivity index (χ3n) is 20.7. The maximum atomic E-state index is 12.8. The van der Waals surface area contributed by atoms with Gasteiger partial charge in [0.1, 0.15) is 17.8 Å². The first-order valence-electron chi connectivity index (χ1n) is 47.7. The van der Waals surface area contributed by atoms with E-state index in [0.29, 0.717) is 56.1 Å². The van der Waals surface area contributed by atoms with Gasteiger partial charge in [0.25, 0.3) is 0 Å². The average Bonchev–Trinajstić information content (AvgIpc) is 0.811. The highest BCUT2D eigenvalue weighted by molar-refractivity contribution is 5.92. The molecule has 774 valence electrons. The number of nitrogens with one attached hydrogen (secondary N) is 15. The number of hydrogen-bond donors (Lipinski definition) is 18. The van der Waals surface area contributed by atoms with Crippen LogP contribution in [0.15, 0.2) is 42.5 Å². The molecule has 0 heterocycles. The predicted molar refractivity (Wildman–Crippen MR) is 504 cm³/mol. The van der Waals surface area contributed by atoms with Gasteiger partial charge in [-0.15, -0.1) is 0 Å². The number of unbranched alkanes of at least 4 members (excludes halogenated alkanes) is 2. The molecule has 16 amide bonds. The van der Waals surface area contributed by atoms with Crippen LogP contribution in [0.1, 0.15) is 166 Å². The summed E-state index contributed by atoms with van der Waals surface area (Å²) in [5.41, 5.74) is 15.7. The molecule has 0 fully saturated rings. The number of nitrogens with zero attached hydrogens (tertiary/aromatic N) is 1. The van der Waals surface area contributed by atoms with Crippen molar-refractivity contribution in [3.8, 4) is 5.75 Å². The molecular weight excluding hydrogens is 1790 g/mol. The minimum Gasteiger partial charge on any atom is -0.508 e. The number of amides is 16. The van der Waals surface area contributed by atoms with Crippen LogP contribution in [0, 0.1) is 0 Å². The number of primary amides is 1. The van der Waals surface area contributed by atoms with Crippen molar-refractivity contribution in [1.82, 2.24) is 79.3 Å². The molecule has 0 bridgehead atoms. The molecule has 0 saturated heterocycles. The molecule has 1 aliphatic carbocycles. The van der Waals surface area contributed by atoms with E-state index < -0.39 is 41.8 Å². The molecule has 2 aromatic rings. The summed E-state index contributed by atoms with van der Waals surface area (Å²) < 4.78 is 54.6. The molecular formula is C92H154N18O27. The van der Waals surface area contributed by atoms with Gasteiger partial charge in [0.05, 0.1) is 138 Å². The Bertz CT molecular complexity index is 3840. The number of carbonyl (C=O) groups excluding carboxylic acids is 16. The molecule has 0 spiro atoms. The fourth-order valence-electron chi connectivity index (χ4n) is 13.4. The van der Waals surface area contributed by atoms with E-state index in [1.165, 1.54) is 19.4 Å². The van der Waals surface area contributed by atoms with Crippen molar-refractivity contribution in [3.05, 3.63) is 59.2 Å². The van der Waals surface area contributed by atoms with E-state index in [1.807, 2.05) is 30.3 Å². The summed E-state index contributed by atoms with van der Waals surface area (Å²) in [4.78, 5) is 198. The van der Waals surface area contributed by atoms with Crippen molar-refractivity contribution in [3.63, 3.8) is 0 Å². The standard InChI is InChI=1S/C92H154N18O27/c1-4-45-110(73-18-19-74-71(67-73)10-9-13-78(74)113)46-32-70-14-16-72(17-15-70)108-88(123)21-20-75(93)91(126)105-34-8-5-11-76(90(94)125)109-89(124)31-30-87(122)104-43-55-135-64-63-134-53-41-102-84(119)27-26-83(118)100-39-51-131-60-59-130-49-37-98-80(115)23-22-79(114)96-35-47-128-57-58-129-48-36-97-81(116)24-25-82(117)99-38-50-132-61-62-133-52-40-101-85(120)28-29-86(121)103-42-54-136-65-66-137-56-44-106-92(127)77(107-69(3)112)12-6-7-33-95-68(2)111/h9-10,13-17,73,75-77,113H,4-8,11-12,18-67,93H2,1-3H3,(H2,94,125)(H,95,111)(H,96,114)(H,97,116)(H,98,115)(H,99,117)(H,100,118)(H,101,120)(H,102,119)(H,103,121)(H,104,122)(H,105,126)(H,106,127)(H,107,112)(H,108,123)(H,109,124)/t73?,75-,76-,77-/m0/s1. The molecule has 45 heteroatoms. The molecule has 4 atom stereocenters. The van der Waals surface area contributed by atoms with E-state index in [9.17, 15) is 81.8 Å². The lowest BCUT2D eigenvalue weighted by molar-refractivity contribution is -0.129. The number of phenols is 1. The smallest absolute Gasteiger partial charge is 0.242 e. The van der Waals surface area contributed by atoms with Crippen molar-refractivity contribution in [2.75, 3.05) is 229 Å². The molecule has 0 radical (unpaired) electrons. The van der Waals surface area contributed by atoms with Crippen LogP contribution in [-0.2, 0) is 143 Å². The normalized spacial score (nSPS) is 12.7. The second-order valence-electron chi connectivity index (χ2n) is 32.1. The van der Waals surface area contributed by atoms with Gasteiger partial charge in [-0.1, -0.05) is 31.2 Å². The van der Waals surface area contributed by atoms with Crippen LogP contribution in [0.5, 0.6) is 5.75 Å². The Morgan fingerprint density at radius 2 is 0.708 bits per heavy atom. The van der Waals surface area contributed by atoms with Crippen molar-refractivity contribution in [1.29, 1.82) is 0 Å². The highest BCUT2D eigenvalue weighted by Gasteiger charge is 2.27. The zero-order valence-electron chi connectivity index (χ0n) is 80.3. The van der Waals surface area contributed by atoms with Crippen LogP contribution in [-0.4, -0.2) is 352 Å². The SMILES string of the molecule is CCCN(CCc1ccc(NC(=O)CC[C@H](N)C(=O)NCCCC[C@H](NC(=O)CCC(=O)NCCOCCOCCNC(=O)CCC(=O)NCCOCCOCCNC(=O)CCC(=O)NCCOCCOCCNC(=O)CCC(=O)NCCOCCOCCNC(=O)CCC(=O)NCCOCCOCCNC(=O)[C@H](CCCCNC(C)=O)NC(C)=O)C(N)=O)cc1)C1CCc2c(O)cccc2C1. The summed E-state index contributed by atoms with van der Waals surface area (Å²) in [6.07, 6.45) is 7.24. The lowest BCUT2D eigenvalue weighted by Gasteiger charge is -2.35. The average molecular weight is 1940 g/mol. The Hall–Kier alpha value is -10.7. The molecule has 137 heavy (non-hydrogen) atoms. The Morgan fingerprint density at radius 1 is 0.365 bits per heavy atom. The number of benzene rings is 2. The Kier molecular flexibility index (Phi) is 69.7. The van der Waals surface area contributed by atoms with Gasteiger partial charge in [0, 0.05) is 181 Å². The molecule has 3 rings (SSSR count). The fraction of sp³-hybridized carbons (Fsp3) is 0.696. The molecule has 20 N–H and O–H groups in total. The topological polar surface area (TPSA) is 621 Å². The van der Waals surface area contributed by atoms with E-state index in [2.05, 4.69) is 97.6 Å². The van der Waals surface area contributed by atoms with E-state index in [-0.39, 0.29) is 358 Å². The van der Waals surface area contributed by atoms with Gasteiger partial charge < -0.3 is 144 Å². The quantitative estimate of drug-likeness (QED) is 0.0306. The van der Waals surface area contributed by atoms with Crippen molar-refractivity contribution in [2.24, 2.45) is 11.5 Å².